The highest BCUT2D eigenvalue weighted by Crippen LogP contribution is 2.39. The molecule has 1 nitrogen and oxygen atoms in total. The smallest absolute Gasteiger partial charge is 0.100 e. The minimum absolute atomic E-state index is 0.747. The van der Waals surface area contributed by atoms with Crippen LogP contribution in [0.3, 0.4) is 0 Å². The molecule has 0 unspecified atom stereocenters. The SMILES string of the molecule is N#Cc1c2ccccc2c(-c2ccc(Br)cc2)c2ccccc12. The van der Waals surface area contributed by atoms with E-state index < -0.39 is 0 Å². The minimum atomic E-state index is 0.747. The first-order valence-corrected chi connectivity index (χ1v) is 8.18. The van der Waals surface area contributed by atoms with E-state index in [9.17, 15) is 5.26 Å². The van der Waals surface area contributed by atoms with Crippen LogP contribution in [0.4, 0.5) is 0 Å². The molecule has 0 N–H and O–H groups in total. The predicted octanol–water partition coefficient (Wildman–Crippen LogP) is 6.29. The maximum Gasteiger partial charge on any atom is 0.100 e. The van der Waals surface area contributed by atoms with E-state index in [4.69, 9.17) is 0 Å². The summed E-state index contributed by atoms with van der Waals surface area (Å²) in [6.07, 6.45) is 0. The summed E-state index contributed by atoms with van der Waals surface area (Å²) in [5.41, 5.74) is 3.09. The molecule has 0 bridgehead atoms. The summed E-state index contributed by atoms with van der Waals surface area (Å²) in [4.78, 5) is 0. The van der Waals surface area contributed by atoms with Gasteiger partial charge in [-0.15, -0.1) is 0 Å². The highest BCUT2D eigenvalue weighted by Gasteiger charge is 2.14. The van der Waals surface area contributed by atoms with E-state index in [1.807, 2.05) is 36.4 Å². The number of nitrogens with zero attached hydrogens (tertiary/aromatic N) is 1. The Morgan fingerprint density at radius 1 is 0.652 bits per heavy atom. The van der Waals surface area contributed by atoms with Crippen LogP contribution < -0.4 is 0 Å². The highest BCUT2D eigenvalue weighted by molar-refractivity contribution is 9.10. The fourth-order valence-electron chi connectivity index (χ4n) is 3.18. The third kappa shape index (κ3) is 2.21. The zero-order valence-corrected chi connectivity index (χ0v) is 13.8. The third-order valence-electron chi connectivity index (χ3n) is 4.18. The van der Waals surface area contributed by atoms with Gasteiger partial charge in [0.2, 0.25) is 0 Å². The van der Waals surface area contributed by atoms with Gasteiger partial charge in [-0.2, -0.15) is 5.26 Å². The van der Waals surface area contributed by atoms with Gasteiger partial charge < -0.3 is 0 Å². The van der Waals surface area contributed by atoms with Crippen LogP contribution in [0.25, 0.3) is 32.7 Å². The third-order valence-corrected chi connectivity index (χ3v) is 4.70. The number of benzene rings is 4. The predicted molar refractivity (Wildman–Crippen MR) is 99.3 cm³/mol. The number of hydrogen-bond donors (Lipinski definition) is 0. The van der Waals surface area contributed by atoms with Crippen LogP contribution >= 0.6 is 15.9 Å². The molecule has 23 heavy (non-hydrogen) atoms. The van der Waals surface area contributed by atoms with Crippen LogP contribution in [0.5, 0.6) is 0 Å². The van der Waals surface area contributed by atoms with Crippen molar-refractivity contribution in [3.8, 4) is 17.2 Å². The molecule has 0 saturated heterocycles. The van der Waals surface area contributed by atoms with Gasteiger partial charge in [-0.1, -0.05) is 76.6 Å². The molecule has 4 rings (SSSR count). The molecule has 0 aliphatic heterocycles. The van der Waals surface area contributed by atoms with Crippen molar-refractivity contribution in [1.29, 1.82) is 5.26 Å². The molecule has 0 fully saturated rings. The van der Waals surface area contributed by atoms with Crippen LogP contribution in [-0.2, 0) is 0 Å². The van der Waals surface area contributed by atoms with Crippen LogP contribution in [0.2, 0.25) is 0 Å². The molecule has 4 aromatic carbocycles. The zero-order chi connectivity index (χ0) is 15.8. The van der Waals surface area contributed by atoms with Crippen molar-refractivity contribution in [2.24, 2.45) is 0 Å². The van der Waals surface area contributed by atoms with Crippen LogP contribution in [-0.4, -0.2) is 0 Å². The molecule has 0 spiro atoms. The van der Waals surface area contributed by atoms with Crippen LogP contribution in [0.1, 0.15) is 5.56 Å². The normalized spacial score (nSPS) is 10.8. The Kier molecular flexibility index (Phi) is 3.37. The fraction of sp³-hybridized carbons (Fsp3) is 0. The maximum absolute atomic E-state index is 9.68. The molecule has 0 aliphatic carbocycles. The van der Waals surface area contributed by atoms with E-state index in [1.165, 1.54) is 5.56 Å². The van der Waals surface area contributed by atoms with Gasteiger partial charge in [0.25, 0.3) is 0 Å². The summed E-state index contributed by atoms with van der Waals surface area (Å²) in [6, 6.07) is 27.0. The van der Waals surface area contributed by atoms with Crippen molar-refractivity contribution < 1.29 is 0 Å². The van der Waals surface area contributed by atoms with E-state index in [2.05, 4.69) is 58.4 Å². The summed E-state index contributed by atoms with van der Waals surface area (Å²) in [5, 5.41) is 13.9. The topological polar surface area (TPSA) is 23.8 Å². The first-order chi connectivity index (χ1) is 11.3. The Morgan fingerprint density at radius 3 is 1.61 bits per heavy atom. The quantitative estimate of drug-likeness (QED) is 0.367. The molecule has 0 radical (unpaired) electrons. The molecule has 0 atom stereocenters. The van der Waals surface area contributed by atoms with Gasteiger partial charge >= 0.3 is 0 Å². The maximum atomic E-state index is 9.68. The van der Waals surface area contributed by atoms with Gasteiger partial charge in [0.1, 0.15) is 6.07 Å². The Morgan fingerprint density at radius 2 is 1.13 bits per heavy atom. The second-order valence-corrected chi connectivity index (χ2v) is 6.38. The fourth-order valence-corrected chi connectivity index (χ4v) is 3.44. The van der Waals surface area contributed by atoms with Crippen LogP contribution in [0, 0.1) is 11.3 Å². The summed E-state index contributed by atoms with van der Waals surface area (Å²) < 4.78 is 1.06. The lowest BCUT2D eigenvalue weighted by atomic mass is 9.89. The minimum Gasteiger partial charge on any atom is -0.192 e. The molecule has 108 valence electrons. The lowest BCUT2D eigenvalue weighted by molar-refractivity contribution is 1.51. The van der Waals surface area contributed by atoms with Crippen molar-refractivity contribution >= 4 is 37.5 Å². The van der Waals surface area contributed by atoms with E-state index in [0.29, 0.717) is 0 Å². The Labute approximate surface area is 142 Å². The highest BCUT2D eigenvalue weighted by atomic mass is 79.9. The van der Waals surface area contributed by atoms with Gasteiger partial charge in [-0.25, -0.2) is 0 Å². The Bertz CT molecular complexity index is 1020. The monoisotopic (exact) mass is 357 g/mol. The average Bonchev–Trinajstić information content (AvgIpc) is 2.60. The summed E-state index contributed by atoms with van der Waals surface area (Å²) in [7, 11) is 0. The summed E-state index contributed by atoms with van der Waals surface area (Å²) in [5.74, 6) is 0. The molecule has 4 aromatic rings. The molecular formula is C21H12BrN. The van der Waals surface area contributed by atoms with Crippen molar-refractivity contribution in [2.45, 2.75) is 0 Å². The molecule has 0 heterocycles. The van der Waals surface area contributed by atoms with Crippen molar-refractivity contribution in [3.63, 3.8) is 0 Å². The van der Waals surface area contributed by atoms with Gasteiger partial charge in [-0.05, 0) is 34.0 Å². The van der Waals surface area contributed by atoms with E-state index in [1.54, 1.807) is 0 Å². The van der Waals surface area contributed by atoms with Crippen molar-refractivity contribution in [3.05, 3.63) is 82.8 Å². The Balaban J connectivity index is 2.25. The second-order valence-electron chi connectivity index (χ2n) is 5.46. The summed E-state index contributed by atoms with van der Waals surface area (Å²) in [6.45, 7) is 0. The first-order valence-electron chi connectivity index (χ1n) is 7.39. The van der Waals surface area contributed by atoms with Gasteiger partial charge in [0.05, 0.1) is 5.56 Å². The van der Waals surface area contributed by atoms with E-state index in [0.717, 1.165) is 37.1 Å². The van der Waals surface area contributed by atoms with Crippen molar-refractivity contribution in [2.75, 3.05) is 0 Å². The number of halogens is 1. The van der Waals surface area contributed by atoms with Gasteiger partial charge in [0, 0.05) is 15.2 Å². The molecular weight excluding hydrogens is 346 g/mol. The number of fused-ring (bicyclic) bond motifs is 2. The lowest BCUT2D eigenvalue weighted by Gasteiger charge is -2.14. The molecule has 0 aliphatic rings. The zero-order valence-electron chi connectivity index (χ0n) is 12.3. The standard InChI is InChI=1S/C21H12BrN/c22-15-11-9-14(10-12-15)21-18-7-3-1-5-16(18)20(13-23)17-6-2-4-8-19(17)21/h1-12H. The van der Waals surface area contributed by atoms with E-state index >= 15 is 0 Å². The number of hydrogen-bond acceptors (Lipinski definition) is 1. The number of nitriles is 1. The molecule has 2 heteroatoms. The van der Waals surface area contributed by atoms with E-state index in [-0.39, 0.29) is 0 Å². The molecule has 0 saturated carbocycles. The lowest BCUT2D eigenvalue weighted by Crippen LogP contribution is -1.90. The first kappa shape index (κ1) is 14.0. The largest absolute Gasteiger partial charge is 0.192 e. The average molecular weight is 358 g/mol. The van der Waals surface area contributed by atoms with Gasteiger partial charge in [0.15, 0.2) is 0 Å². The number of rotatable bonds is 1. The van der Waals surface area contributed by atoms with Crippen molar-refractivity contribution in [1.82, 2.24) is 0 Å². The Hall–Kier alpha value is -2.63. The molecule has 0 amide bonds. The van der Waals surface area contributed by atoms with Gasteiger partial charge in [-0.3, -0.25) is 0 Å². The summed E-state index contributed by atoms with van der Waals surface area (Å²) >= 11 is 3.50. The van der Waals surface area contributed by atoms with Crippen LogP contribution in [0.15, 0.2) is 77.3 Å². The molecule has 0 aromatic heterocycles. The second kappa shape index (κ2) is 5.53.